The SMILES string of the molecule is CNC(=O)c1c(NC(=O)c2cccc(C(F)(F)F)c2)sc(C)c1C. The Morgan fingerprint density at radius 3 is 2.38 bits per heavy atom. The zero-order valence-electron chi connectivity index (χ0n) is 13.2. The van der Waals surface area contributed by atoms with Crippen molar-refractivity contribution in [1.29, 1.82) is 0 Å². The Balaban J connectivity index is 2.34. The van der Waals surface area contributed by atoms with Crippen molar-refractivity contribution in [2.75, 3.05) is 12.4 Å². The maximum absolute atomic E-state index is 12.7. The predicted octanol–water partition coefficient (Wildman–Crippen LogP) is 4.00. The predicted molar refractivity (Wildman–Crippen MR) is 86.6 cm³/mol. The first kappa shape index (κ1) is 18.0. The number of aryl methyl sites for hydroxylation is 1. The van der Waals surface area contributed by atoms with Crippen LogP contribution in [0.25, 0.3) is 0 Å². The number of rotatable bonds is 3. The van der Waals surface area contributed by atoms with Crippen molar-refractivity contribution < 1.29 is 22.8 Å². The molecule has 0 spiro atoms. The van der Waals surface area contributed by atoms with E-state index in [1.54, 1.807) is 13.8 Å². The zero-order chi connectivity index (χ0) is 18.1. The normalized spacial score (nSPS) is 11.2. The monoisotopic (exact) mass is 356 g/mol. The molecule has 4 nitrogen and oxygen atoms in total. The maximum Gasteiger partial charge on any atom is 0.416 e. The van der Waals surface area contributed by atoms with Crippen LogP contribution < -0.4 is 10.6 Å². The maximum atomic E-state index is 12.7. The van der Waals surface area contributed by atoms with Gasteiger partial charge in [0.25, 0.3) is 11.8 Å². The van der Waals surface area contributed by atoms with Crippen LogP contribution in [0.4, 0.5) is 18.2 Å². The van der Waals surface area contributed by atoms with E-state index in [0.717, 1.165) is 22.6 Å². The summed E-state index contributed by atoms with van der Waals surface area (Å²) < 4.78 is 38.2. The molecule has 0 saturated carbocycles. The van der Waals surface area contributed by atoms with Gasteiger partial charge in [0.1, 0.15) is 5.00 Å². The molecule has 0 radical (unpaired) electrons. The van der Waals surface area contributed by atoms with Crippen LogP contribution >= 0.6 is 11.3 Å². The summed E-state index contributed by atoms with van der Waals surface area (Å²) in [6.45, 7) is 3.54. The molecule has 1 heterocycles. The third-order valence-electron chi connectivity index (χ3n) is 3.52. The highest BCUT2D eigenvalue weighted by Gasteiger charge is 2.31. The number of thiophene rings is 1. The molecule has 2 rings (SSSR count). The molecule has 1 aromatic carbocycles. The summed E-state index contributed by atoms with van der Waals surface area (Å²) in [7, 11) is 1.47. The second-order valence-electron chi connectivity index (χ2n) is 5.10. The van der Waals surface area contributed by atoms with Crippen LogP contribution in [0, 0.1) is 13.8 Å². The van der Waals surface area contributed by atoms with Crippen LogP contribution in [-0.2, 0) is 6.18 Å². The summed E-state index contributed by atoms with van der Waals surface area (Å²) in [6.07, 6.45) is -4.53. The van der Waals surface area contributed by atoms with Gasteiger partial charge in [0.2, 0.25) is 0 Å². The molecule has 0 aliphatic heterocycles. The Hall–Kier alpha value is -2.35. The Bertz CT molecular complexity index is 797. The van der Waals surface area contributed by atoms with Crippen molar-refractivity contribution in [1.82, 2.24) is 5.32 Å². The van der Waals surface area contributed by atoms with Gasteiger partial charge in [0.15, 0.2) is 0 Å². The molecule has 0 aliphatic rings. The molecule has 128 valence electrons. The number of carbonyl (C=O) groups is 2. The van der Waals surface area contributed by atoms with E-state index in [1.807, 2.05) is 0 Å². The minimum Gasteiger partial charge on any atom is -0.355 e. The van der Waals surface area contributed by atoms with Crippen molar-refractivity contribution in [3.63, 3.8) is 0 Å². The van der Waals surface area contributed by atoms with Gasteiger partial charge >= 0.3 is 6.18 Å². The largest absolute Gasteiger partial charge is 0.416 e. The second-order valence-corrected chi connectivity index (χ2v) is 6.32. The number of halogens is 3. The number of benzene rings is 1. The molecule has 0 unspecified atom stereocenters. The number of hydrogen-bond acceptors (Lipinski definition) is 3. The first-order valence-electron chi connectivity index (χ1n) is 6.95. The molecule has 0 aliphatic carbocycles. The van der Waals surface area contributed by atoms with E-state index in [0.29, 0.717) is 10.6 Å². The summed E-state index contributed by atoms with van der Waals surface area (Å²) in [5, 5.41) is 5.33. The van der Waals surface area contributed by atoms with Crippen molar-refractivity contribution in [3.8, 4) is 0 Å². The second kappa shape index (κ2) is 6.64. The third-order valence-corrected chi connectivity index (χ3v) is 4.64. The van der Waals surface area contributed by atoms with E-state index >= 15 is 0 Å². The number of amides is 2. The minimum absolute atomic E-state index is 0.128. The highest BCUT2D eigenvalue weighted by molar-refractivity contribution is 7.16. The third kappa shape index (κ3) is 3.59. The van der Waals surface area contributed by atoms with Crippen LogP contribution in [0.2, 0.25) is 0 Å². The summed E-state index contributed by atoms with van der Waals surface area (Å²) in [5.41, 5.74) is 0.00983. The van der Waals surface area contributed by atoms with Gasteiger partial charge in [0.05, 0.1) is 11.1 Å². The zero-order valence-corrected chi connectivity index (χ0v) is 14.0. The quantitative estimate of drug-likeness (QED) is 0.873. The van der Waals surface area contributed by atoms with E-state index in [1.165, 1.54) is 30.5 Å². The standard InChI is InChI=1S/C16H15F3N2O2S/c1-8-9(2)24-15(12(8)14(23)20-3)21-13(22)10-5-4-6-11(7-10)16(17,18)19/h4-7H,1-3H3,(H,20,23)(H,21,22). The van der Waals surface area contributed by atoms with Crippen molar-refractivity contribution in [2.45, 2.75) is 20.0 Å². The molecule has 24 heavy (non-hydrogen) atoms. The van der Waals surface area contributed by atoms with Gasteiger partial charge in [-0.05, 0) is 37.6 Å². The van der Waals surface area contributed by atoms with Gasteiger partial charge in [-0.3, -0.25) is 9.59 Å². The molecule has 2 aromatic rings. The van der Waals surface area contributed by atoms with Crippen molar-refractivity contribution >= 4 is 28.2 Å². The van der Waals surface area contributed by atoms with Gasteiger partial charge in [-0.25, -0.2) is 0 Å². The average molecular weight is 356 g/mol. The first-order chi connectivity index (χ1) is 11.1. The first-order valence-corrected chi connectivity index (χ1v) is 7.77. The van der Waals surface area contributed by atoms with Crippen LogP contribution in [0.1, 0.15) is 36.7 Å². The van der Waals surface area contributed by atoms with Crippen LogP contribution in [0.15, 0.2) is 24.3 Å². The summed E-state index contributed by atoms with van der Waals surface area (Å²) in [5.74, 6) is -1.07. The molecule has 2 amide bonds. The van der Waals surface area contributed by atoms with E-state index in [-0.39, 0.29) is 11.5 Å². The topological polar surface area (TPSA) is 58.2 Å². The lowest BCUT2D eigenvalue weighted by molar-refractivity contribution is -0.137. The molecule has 0 fully saturated rings. The van der Waals surface area contributed by atoms with E-state index in [2.05, 4.69) is 10.6 Å². The Morgan fingerprint density at radius 2 is 1.79 bits per heavy atom. The average Bonchev–Trinajstić information content (AvgIpc) is 2.80. The molecule has 8 heteroatoms. The molecule has 1 aromatic heterocycles. The van der Waals surface area contributed by atoms with E-state index < -0.39 is 17.6 Å². The fourth-order valence-corrected chi connectivity index (χ4v) is 3.18. The van der Waals surface area contributed by atoms with Crippen molar-refractivity contribution in [2.24, 2.45) is 0 Å². The van der Waals surface area contributed by atoms with Gasteiger partial charge in [-0.15, -0.1) is 11.3 Å². The summed E-state index contributed by atoms with van der Waals surface area (Å²) >= 11 is 1.20. The number of hydrogen-bond donors (Lipinski definition) is 2. The van der Waals surface area contributed by atoms with Gasteiger partial charge in [-0.2, -0.15) is 13.2 Å². The van der Waals surface area contributed by atoms with Gasteiger partial charge in [0, 0.05) is 17.5 Å². The smallest absolute Gasteiger partial charge is 0.355 e. The molecule has 2 N–H and O–H groups in total. The lowest BCUT2D eigenvalue weighted by Gasteiger charge is -2.09. The number of anilines is 1. The number of alkyl halides is 3. The lowest BCUT2D eigenvalue weighted by atomic mass is 10.1. The number of carbonyl (C=O) groups excluding carboxylic acids is 2. The van der Waals surface area contributed by atoms with Crippen LogP contribution in [0.3, 0.4) is 0 Å². The molecular formula is C16H15F3N2O2S. The van der Waals surface area contributed by atoms with Gasteiger partial charge in [-0.1, -0.05) is 6.07 Å². The van der Waals surface area contributed by atoms with E-state index in [9.17, 15) is 22.8 Å². The summed E-state index contributed by atoms with van der Waals surface area (Å²) in [4.78, 5) is 25.1. The van der Waals surface area contributed by atoms with Crippen LogP contribution in [-0.4, -0.2) is 18.9 Å². The fourth-order valence-electron chi connectivity index (χ4n) is 2.13. The Morgan fingerprint density at radius 1 is 1.12 bits per heavy atom. The lowest BCUT2D eigenvalue weighted by Crippen LogP contribution is -2.21. The Labute approximate surface area is 140 Å². The molecule has 0 bridgehead atoms. The number of nitrogens with one attached hydrogen (secondary N) is 2. The Kier molecular flexibility index (Phi) is 4.98. The minimum atomic E-state index is -4.53. The molecular weight excluding hydrogens is 341 g/mol. The molecule has 0 saturated heterocycles. The fraction of sp³-hybridized carbons (Fsp3) is 0.250. The highest BCUT2D eigenvalue weighted by atomic mass is 32.1. The highest BCUT2D eigenvalue weighted by Crippen LogP contribution is 2.33. The van der Waals surface area contributed by atoms with Crippen molar-refractivity contribution in [3.05, 3.63) is 51.4 Å². The molecule has 0 atom stereocenters. The van der Waals surface area contributed by atoms with Crippen LogP contribution in [0.5, 0.6) is 0 Å². The summed E-state index contributed by atoms with van der Waals surface area (Å²) in [6, 6.07) is 4.13. The van der Waals surface area contributed by atoms with Gasteiger partial charge < -0.3 is 10.6 Å². The van der Waals surface area contributed by atoms with E-state index in [4.69, 9.17) is 0 Å².